The van der Waals surface area contributed by atoms with Crippen LogP contribution in [-0.4, -0.2) is 10.2 Å². The number of rotatable bonds is 2. The lowest BCUT2D eigenvalue weighted by atomic mass is 9.85. The van der Waals surface area contributed by atoms with Gasteiger partial charge in [0, 0.05) is 0 Å². The van der Waals surface area contributed by atoms with E-state index in [1.807, 2.05) is 0 Å². The quantitative estimate of drug-likeness (QED) is 0.691. The van der Waals surface area contributed by atoms with Gasteiger partial charge in [0.25, 0.3) is 0 Å². The minimum Gasteiger partial charge on any atom is -0.0637 e. The third-order valence-corrected chi connectivity index (χ3v) is 5.13. The third kappa shape index (κ3) is 2.22. The summed E-state index contributed by atoms with van der Waals surface area (Å²) in [7, 11) is 3.86. The lowest BCUT2D eigenvalue weighted by molar-refractivity contribution is 0.668. The highest BCUT2D eigenvalue weighted by Crippen LogP contribution is 2.41. The maximum absolute atomic E-state index is 3.86. The summed E-state index contributed by atoms with van der Waals surface area (Å²) in [6.45, 7) is 0. The average molecular weight is 241 g/mol. The van der Waals surface area contributed by atoms with Gasteiger partial charge >= 0.3 is 0 Å². The van der Waals surface area contributed by atoms with Gasteiger partial charge in [0.1, 0.15) is 0 Å². The van der Waals surface area contributed by atoms with E-state index in [-0.39, 0.29) is 0 Å². The molecular formula is C16H21Si. The minimum atomic E-state index is 0.833. The molecule has 2 aliphatic carbocycles. The molecule has 0 nitrogen and oxygen atoms in total. The van der Waals surface area contributed by atoms with Gasteiger partial charge in [-0.25, -0.2) is 0 Å². The Balaban J connectivity index is 1.98. The van der Waals surface area contributed by atoms with E-state index in [1.54, 1.807) is 11.1 Å². The van der Waals surface area contributed by atoms with Crippen molar-refractivity contribution in [2.75, 3.05) is 0 Å². The van der Waals surface area contributed by atoms with Crippen LogP contribution in [0.15, 0.2) is 18.2 Å². The van der Waals surface area contributed by atoms with Crippen LogP contribution < -0.4 is 5.19 Å². The highest BCUT2D eigenvalue weighted by Gasteiger charge is 2.26. The molecule has 0 aliphatic heterocycles. The zero-order valence-corrected chi connectivity index (χ0v) is 11.5. The number of benzene rings is 1. The van der Waals surface area contributed by atoms with E-state index in [4.69, 9.17) is 0 Å². The fourth-order valence-corrected chi connectivity index (χ4v) is 4.29. The van der Waals surface area contributed by atoms with Crippen LogP contribution in [0.25, 0.3) is 0 Å². The van der Waals surface area contributed by atoms with Crippen LogP contribution in [0, 0.1) is 0 Å². The van der Waals surface area contributed by atoms with Crippen LogP contribution in [-0.2, 0) is 0 Å². The summed E-state index contributed by atoms with van der Waals surface area (Å²) in [6, 6.07) is 6.87. The molecule has 3 rings (SSSR count). The van der Waals surface area contributed by atoms with E-state index in [9.17, 15) is 0 Å². The van der Waals surface area contributed by atoms with Gasteiger partial charge in [0.2, 0.25) is 0 Å². The van der Waals surface area contributed by atoms with Crippen molar-refractivity contribution in [1.29, 1.82) is 0 Å². The van der Waals surface area contributed by atoms with E-state index in [2.05, 4.69) is 28.4 Å². The van der Waals surface area contributed by atoms with Crippen LogP contribution in [0.5, 0.6) is 0 Å². The molecule has 0 saturated heterocycles. The van der Waals surface area contributed by atoms with E-state index >= 15 is 0 Å². The molecule has 0 aromatic heterocycles. The minimum absolute atomic E-state index is 0.833. The first-order valence-corrected chi connectivity index (χ1v) is 7.70. The third-order valence-electron chi connectivity index (χ3n) is 4.70. The Morgan fingerprint density at radius 2 is 1.41 bits per heavy atom. The zero-order valence-electron chi connectivity index (χ0n) is 10.5. The molecule has 0 amide bonds. The van der Waals surface area contributed by atoms with Crippen molar-refractivity contribution in [2.24, 2.45) is 0 Å². The van der Waals surface area contributed by atoms with Gasteiger partial charge in [0.05, 0.1) is 10.2 Å². The molecule has 1 heteroatoms. The summed E-state index contributed by atoms with van der Waals surface area (Å²) in [6.07, 6.45) is 11.3. The first-order chi connectivity index (χ1) is 8.36. The Bertz CT molecular complexity index is 385. The topological polar surface area (TPSA) is 0 Å². The van der Waals surface area contributed by atoms with Gasteiger partial charge in [-0.05, 0) is 48.6 Å². The van der Waals surface area contributed by atoms with Gasteiger partial charge in [-0.3, -0.25) is 0 Å². The first kappa shape index (κ1) is 11.5. The zero-order chi connectivity index (χ0) is 11.7. The Morgan fingerprint density at radius 1 is 0.824 bits per heavy atom. The molecule has 0 unspecified atom stereocenters. The molecule has 0 N–H and O–H groups in total. The van der Waals surface area contributed by atoms with Gasteiger partial charge < -0.3 is 0 Å². The molecule has 0 heterocycles. The molecule has 17 heavy (non-hydrogen) atoms. The van der Waals surface area contributed by atoms with Crippen LogP contribution >= 0.6 is 0 Å². The summed E-state index contributed by atoms with van der Waals surface area (Å²) in [5, 5.41) is 1.36. The molecular weight excluding hydrogens is 220 g/mol. The lowest BCUT2D eigenvalue weighted by Crippen LogP contribution is -2.17. The van der Waals surface area contributed by atoms with Crippen molar-refractivity contribution >= 4 is 15.4 Å². The van der Waals surface area contributed by atoms with Crippen molar-refractivity contribution in [3.05, 3.63) is 29.3 Å². The second-order valence-electron chi connectivity index (χ2n) is 5.77. The van der Waals surface area contributed by atoms with Crippen LogP contribution in [0.2, 0.25) is 0 Å². The molecule has 0 atom stereocenters. The average Bonchev–Trinajstić information content (AvgIpc) is 3.02. The molecule has 2 saturated carbocycles. The van der Waals surface area contributed by atoms with Crippen molar-refractivity contribution in [2.45, 2.75) is 63.2 Å². The Kier molecular flexibility index (Phi) is 3.37. The van der Waals surface area contributed by atoms with E-state index in [0.29, 0.717) is 0 Å². The van der Waals surface area contributed by atoms with Crippen LogP contribution in [0.3, 0.4) is 0 Å². The number of hydrogen-bond donors (Lipinski definition) is 0. The molecule has 2 fully saturated rings. The Morgan fingerprint density at radius 3 is 2.06 bits per heavy atom. The summed E-state index contributed by atoms with van der Waals surface area (Å²) in [5.41, 5.74) is 3.33. The fraction of sp³-hybridized carbons (Fsp3) is 0.625. The maximum atomic E-state index is 3.86. The predicted molar refractivity (Wildman–Crippen MR) is 74.2 cm³/mol. The van der Waals surface area contributed by atoms with Crippen molar-refractivity contribution in [1.82, 2.24) is 0 Å². The van der Waals surface area contributed by atoms with Gasteiger partial charge in [0.15, 0.2) is 0 Å². The molecule has 3 radical (unpaired) electrons. The van der Waals surface area contributed by atoms with Crippen molar-refractivity contribution < 1.29 is 0 Å². The van der Waals surface area contributed by atoms with E-state index in [1.165, 1.54) is 56.6 Å². The van der Waals surface area contributed by atoms with Crippen LogP contribution in [0.1, 0.15) is 74.3 Å². The monoisotopic (exact) mass is 241 g/mol. The molecule has 1 aromatic carbocycles. The molecule has 89 valence electrons. The lowest BCUT2D eigenvalue weighted by Gasteiger charge is -2.22. The van der Waals surface area contributed by atoms with Crippen molar-refractivity contribution in [3.63, 3.8) is 0 Å². The van der Waals surface area contributed by atoms with Crippen LogP contribution in [0.4, 0.5) is 0 Å². The molecule has 1 aromatic rings. The first-order valence-electron chi connectivity index (χ1n) is 7.20. The Labute approximate surface area is 108 Å². The molecule has 2 aliphatic rings. The highest BCUT2D eigenvalue weighted by atomic mass is 28.1. The normalized spacial score (nSPS) is 22.4. The molecule has 0 spiro atoms. The van der Waals surface area contributed by atoms with Crippen molar-refractivity contribution in [3.8, 4) is 0 Å². The second-order valence-corrected chi connectivity index (χ2v) is 6.31. The largest absolute Gasteiger partial charge is 0.0715 e. The standard InChI is InChI=1S/C16H21Si/c17-15-11-5-10-14(12-6-1-2-7-12)16(15)13-8-3-4-9-13/h5,10-13H,1-4,6-9H2. The molecule has 0 bridgehead atoms. The van der Waals surface area contributed by atoms with E-state index < -0.39 is 0 Å². The summed E-state index contributed by atoms with van der Waals surface area (Å²) < 4.78 is 0. The smallest absolute Gasteiger partial charge is 0.0637 e. The Hall–Kier alpha value is -0.563. The van der Waals surface area contributed by atoms with E-state index in [0.717, 1.165) is 11.8 Å². The highest BCUT2D eigenvalue weighted by molar-refractivity contribution is 6.33. The maximum Gasteiger partial charge on any atom is 0.0715 e. The SMILES string of the molecule is [Si]c1cccc(C2CCCC2)c1C1CCCC1. The van der Waals surface area contributed by atoms with Gasteiger partial charge in [-0.2, -0.15) is 0 Å². The summed E-state index contributed by atoms with van der Waals surface area (Å²) in [4.78, 5) is 0. The summed E-state index contributed by atoms with van der Waals surface area (Å²) >= 11 is 0. The number of hydrogen-bond acceptors (Lipinski definition) is 0. The second kappa shape index (κ2) is 4.97. The van der Waals surface area contributed by atoms with Gasteiger partial charge in [-0.1, -0.05) is 49.1 Å². The predicted octanol–water partition coefficient (Wildman–Crippen LogP) is 3.80. The fourth-order valence-electron chi connectivity index (χ4n) is 3.85. The summed E-state index contributed by atoms with van der Waals surface area (Å²) in [5.74, 6) is 1.68. The van der Waals surface area contributed by atoms with Gasteiger partial charge in [-0.15, -0.1) is 0 Å².